The normalized spacial score (nSPS) is 23.1. The van der Waals surface area contributed by atoms with Gasteiger partial charge in [-0.3, -0.25) is 0 Å². The minimum Gasteiger partial charge on any atom is -0.398 e. The van der Waals surface area contributed by atoms with E-state index in [2.05, 4.69) is 4.72 Å². The molecule has 0 aromatic heterocycles. The molecule has 1 heterocycles. The summed E-state index contributed by atoms with van der Waals surface area (Å²) < 4.78 is 32.6. The second-order valence-corrected chi connectivity index (χ2v) is 7.26. The van der Waals surface area contributed by atoms with Gasteiger partial charge in [0.2, 0.25) is 10.0 Å². The van der Waals surface area contributed by atoms with E-state index in [-0.39, 0.29) is 21.9 Å². The van der Waals surface area contributed by atoms with Gasteiger partial charge in [0.05, 0.1) is 11.1 Å². The zero-order chi connectivity index (χ0) is 14.9. The van der Waals surface area contributed by atoms with Gasteiger partial charge in [-0.05, 0) is 38.0 Å². The number of anilines is 1. The number of ether oxygens (including phenoxy) is 1. The Labute approximate surface area is 124 Å². The maximum atomic E-state index is 12.3. The summed E-state index contributed by atoms with van der Waals surface area (Å²) in [5, 5.41) is 0.180. The predicted molar refractivity (Wildman–Crippen MR) is 79.3 cm³/mol. The maximum absolute atomic E-state index is 12.3. The van der Waals surface area contributed by atoms with E-state index in [1.807, 2.05) is 6.92 Å². The first kappa shape index (κ1) is 15.6. The predicted octanol–water partition coefficient (Wildman–Crippen LogP) is 1.93. The van der Waals surface area contributed by atoms with Gasteiger partial charge in [0.15, 0.2) is 0 Å². The smallest absolute Gasteiger partial charge is 0.242 e. The van der Waals surface area contributed by atoms with E-state index in [4.69, 9.17) is 22.1 Å². The van der Waals surface area contributed by atoms with Gasteiger partial charge in [0.1, 0.15) is 4.90 Å². The second kappa shape index (κ2) is 5.89. The Morgan fingerprint density at radius 3 is 2.80 bits per heavy atom. The molecule has 0 bridgehead atoms. The van der Waals surface area contributed by atoms with Crippen molar-refractivity contribution in [1.82, 2.24) is 4.72 Å². The van der Waals surface area contributed by atoms with Crippen LogP contribution in [0, 0.1) is 12.8 Å². The lowest BCUT2D eigenvalue weighted by Crippen LogP contribution is -2.32. The van der Waals surface area contributed by atoms with Gasteiger partial charge in [-0.1, -0.05) is 11.6 Å². The average Bonchev–Trinajstić information content (AvgIpc) is 2.77. The van der Waals surface area contributed by atoms with Gasteiger partial charge >= 0.3 is 0 Å². The highest BCUT2D eigenvalue weighted by atomic mass is 35.5. The number of benzene rings is 1. The highest BCUT2D eigenvalue weighted by Crippen LogP contribution is 2.27. The van der Waals surface area contributed by atoms with Gasteiger partial charge in [-0.15, -0.1) is 0 Å². The molecule has 1 saturated heterocycles. The fraction of sp³-hybridized carbons (Fsp3) is 0.538. The van der Waals surface area contributed by atoms with Gasteiger partial charge in [0.25, 0.3) is 0 Å². The van der Waals surface area contributed by atoms with Crippen molar-refractivity contribution in [3.63, 3.8) is 0 Å². The van der Waals surface area contributed by atoms with Crippen molar-refractivity contribution in [3.05, 3.63) is 22.7 Å². The third-order valence-corrected chi connectivity index (χ3v) is 5.57. The summed E-state index contributed by atoms with van der Waals surface area (Å²) in [6.07, 6.45) is 0.921. The molecule has 0 saturated carbocycles. The fourth-order valence-electron chi connectivity index (χ4n) is 2.21. The van der Waals surface area contributed by atoms with Crippen LogP contribution in [0.25, 0.3) is 0 Å². The zero-order valence-electron chi connectivity index (χ0n) is 11.5. The summed E-state index contributed by atoms with van der Waals surface area (Å²) in [5.41, 5.74) is 6.92. The summed E-state index contributed by atoms with van der Waals surface area (Å²) >= 11 is 6.01. The minimum absolute atomic E-state index is 0.0221. The molecular weight excluding hydrogens is 300 g/mol. The number of rotatable bonds is 4. The van der Waals surface area contributed by atoms with Crippen LogP contribution in [0.3, 0.4) is 0 Å². The summed E-state index contributed by atoms with van der Waals surface area (Å²) in [6, 6.07) is 2.96. The number of sulfonamides is 1. The third kappa shape index (κ3) is 3.25. The Kier molecular flexibility index (Phi) is 4.59. The second-order valence-electron chi connectivity index (χ2n) is 5.12. The van der Waals surface area contributed by atoms with Crippen molar-refractivity contribution >= 4 is 27.3 Å². The lowest BCUT2D eigenvalue weighted by Gasteiger charge is -2.16. The van der Waals surface area contributed by atoms with Crippen molar-refractivity contribution in [3.8, 4) is 0 Å². The molecule has 1 aliphatic heterocycles. The molecule has 0 amide bonds. The summed E-state index contributed by atoms with van der Waals surface area (Å²) in [4.78, 5) is 0.0221. The molecule has 20 heavy (non-hydrogen) atoms. The SMILES string of the molecule is Cc1cc(Cl)c(S(=O)(=O)NCC2CCOC2C)cc1N. The summed E-state index contributed by atoms with van der Waals surface area (Å²) in [7, 11) is -3.66. The van der Waals surface area contributed by atoms with Crippen LogP contribution < -0.4 is 10.5 Å². The lowest BCUT2D eigenvalue weighted by molar-refractivity contribution is 0.107. The molecule has 1 aromatic carbocycles. The fourth-order valence-corrected chi connectivity index (χ4v) is 3.92. The average molecular weight is 319 g/mol. The first-order valence-electron chi connectivity index (χ1n) is 6.48. The van der Waals surface area contributed by atoms with Crippen LogP contribution in [-0.2, 0) is 14.8 Å². The minimum atomic E-state index is -3.66. The number of aryl methyl sites for hydroxylation is 1. The number of hydrogen-bond donors (Lipinski definition) is 2. The molecule has 0 aliphatic carbocycles. The van der Waals surface area contributed by atoms with Gasteiger partial charge in [-0.2, -0.15) is 0 Å². The van der Waals surface area contributed by atoms with E-state index in [1.54, 1.807) is 13.0 Å². The molecule has 5 nitrogen and oxygen atoms in total. The molecule has 2 unspecified atom stereocenters. The van der Waals surface area contributed by atoms with Gasteiger partial charge < -0.3 is 10.5 Å². The van der Waals surface area contributed by atoms with Gasteiger partial charge in [-0.25, -0.2) is 13.1 Å². The summed E-state index contributed by atoms with van der Waals surface area (Å²) in [5.74, 6) is 0.186. The van der Waals surface area contributed by atoms with Crippen LogP contribution in [-0.4, -0.2) is 27.7 Å². The number of nitrogen functional groups attached to an aromatic ring is 1. The summed E-state index contributed by atoms with van der Waals surface area (Å²) in [6.45, 7) is 4.74. The molecule has 3 N–H and O–H groups in total. The van der Waals surface area contributed by atoms with E-state index in [0.29, 0.717) is 18.8 Å². The zero-order valence-corrected chi connectivity index (χ0v) is 13.1. The van der Waals surface area contributed by atoms with Crippen molar-refractivity contribution in [2.75, 3.05) is 18.9 Å². The molecule has 112 valence electrons. The van der Waals surface area contributed by atoms with E-state index >= 15 is 0 Å². The molecule has 1 aliphatic rings. The Hall–Kier alpha value is -0.820. The Morgan fingerprint density at radius 2 is 2.20 bits per heavy atom. The molecule has 2 rings (SSSR count). The van der Waals surface area contributed by atoms with Crippen LogP contribution in [0.4, 0.5) is 5.69 Å². The third-order valence-electron chi connectivity index (χ3n) is 3.68. The molecule has 0 spiro atoms. The van der Waals surface area contributed by atoms with E-state index < -0.39 is 10.0 Å². The van der Waals surface area contributed by atoms with Crippen LogP contribution >= 0.6 is 11.6 Å². The van der Waals surface area contributed by atoms with E-state index in [1.165, 1.54) is 6.07 Å². The number of hydrogen-bond acceptors (Lipinski definition) is 4. The quantitative estimate of drug-likeness (QED) is 0.831. The van der Waals surface area contributed by atoms with Crippen molar-refractivity contribution in [2.24, 2.45) is 5.92 Å². The molecule has 1 aromatic rings. The number of nitrogens with two attached hydrogens (primary N) is 1. The first-order valence-corrected chi connectivity index (χ1v) is 8.34. The highest BCUT2D eigenvalue weighted by Gasteiger charge is 2.27. The van der Waals surface area contributed by atoms with E-state index in [0.717, 1.165) is 12.0 Å². The monoisotopic (exact) mass is 318 g/mol. The number of nitrogens with one attached hydrogen (secondary N) is 1. The van der Waals surface area contributed by atoms with Gasteiger partial charge in [0, 0.05) is 24.8 Å². The van der Waals surface area contributed by atoms with Crippen LogP contribution in [0.5, 0.6) is 0 Å². The Morgan fingerprint density at radius 1 is 1.50 bits per heavy atom. The molecule has 2 atom stereocenters. The van der Waals surface area contributed by atoms with Crippen molar-refractivity contribution < 1.29 is 13.2 Å². The van der Waals surface area contributed by atoms with E-state index in [9.17, 15) is 8.42 Å². The topological polar surface area (TPSA) is 81.4 Å². The molecule has 0 radical (unpaired) electrons. The lowest BCUT2D eigenvalue weighted by atomic mass is 10.0. The molecule has 1 fully saturated rings. The maximum Gasteiger partial charge on any atom is 0.242 e. The van der Waals surface area contributed by atoms with Crippen molar-refractivity contribution in [1.29, 1.82) is 0 Å². The molecular formula is C13H19ClN2O3S. The number of halogens is 1. The van der Waals surface area contributed by atoms with Crippen molar-refractivity contribution in [2.45, 2.75) is 31.3 Å². The first-order chi connectivity index (χ1) is 9.31. The molecule has 7 heteroatoms. The Balaban J connectivity index is 2.16. The standard InChI is InChI=1S/C13H19ClN2O3S/c1-8-5-11(14)13(6-12(8)15)20(17,18)16-7-10-3-4-19-9(10)2/h5-6,9-10,16H,3-4,7,15H2,1-2H3. The largest absolute Gasteiger partial charge is 0.398 e. The van der Waals surface area contributed by atoms with Crippen LogP contribution in [0.15, 0.2) is 17.0 Å². The van der Waals surface area contributed by atoms with Crippen LogP contribution in [0.1, 0.15) is 18.9 Å². The Bertz CT molecular complexity index is 604. The van der Waals surface area contributed by atoms with Crippen LogP contribution in [0.2, 0.25) is 5.02 Å². The highest BCUT2D eigenvalue weighted by molar-refractivity contribution is 7.89.